The summed E-state index contributed by atoms with van der Waals surface area (Å²) in [6.45, 7) is 3.69. The Morgan fingerprint density at radius 1 is 1.19 bits per heavy atom. The molecule has 1 saturated heterocycles. The third-order valence-corrected chi connectivity index (χ3v) is 4.57. The minimum absolute atomic E-state index is 0. The van der Waals surface area contributed by atoms with Crippen LogP contribution in [0.2, 0.25) is 0 Å². The van der Waals surface area contributed by atoms with Gasteiger partial charge in [-0.1, -0.05) is 29.8 Å². The number of halogens is 1. The fraction of sp³-hybridized carbons (Fsp3) is 0.381. The molecule has 1 aliphatic heterocycles. The number of carbonyl (C=O) groups is 1. The van der Waals surface area contributed by atoms with Gasteiger partial charge in [0.25, 0.3) is 0 Å². The van der Waals surface area contributed by atoms with E-state index in [0.717, 1.165) is 29.8 Å². The standard InChI is InChI=1S/C21H26N2O3.ClH/c1-15-4-6-16(7-5-15)20-19(3-2-13-26-20)21(24)23-17-8-10-18(11-9-17)25-14-12-22;/h4-11,19-20H,2-3,12-14,22H2,1H3,(H,23,24);1H. The molecule has 146 valence electrons. The Labute approximate surface area is 166 Å². The molecular formula is C21H27ClN2O3. The van der Waals surface area contributed by atoms with E-state index < -0.39 is 0 Å². The van der Waals surface area contributed by atoms with Gasteiger partial charge in [0, 0.05) is 18.8 Å². The van der Waals surface area contributed by atoms with Crippen molar-refractivity contribution < 1.29 is 14.3 Å². The Bertz CT molecular complexity index is 719. The molecule has 0 aromatic heterocycles. The van der Waals surface area contributed by atoms with E-state index in [0.29, 0.717) is 19.8 Å². The summed E-state index contributed by atoms with van der Waals surface area (Å²) in [5.74, 6) is 0.539. The number of rotatable bonds is 6. The molecule has 0 radical (unpaired) electrons. The lowest BCUT2D eigenvalue weighted by Gasteiger charge is -2.31. The largest absolute Gasteiger partial charge is 0.492 e. The van der Waals surface area contributed by atoms with Crippen LogP contribution in [-0.4, -0.2) is 25.7 Å². The van der Waals surface area contributed by atoms with Gasteiger partial charge in [-0.15, -0.1) is 12.4 Å². The number of carbonyl (C=O) groups excluding carboxylic acids is 1. The van der Waals surface area contributed by atoms with Crippen molar-refractivity contribution in [3.8, 4) is 5.75 Å². The van der Waals surface area contributed by atoms with Crippen LogP contribution in [0.5, 0.6) is 5.75 Å². The van der Waals surface area contributed by atoms with Gasteiger partial charge in [-0.05, 0) is 49.6 Å². The van der Waals surface area contributed by atoms with Crippen LogP contribution in [0, 0.1) is 12.8 Å². The Kier molecular flexibility index (Phi) is 8.10. The maximum Gasteiger partial charge on any atom is 0.230 e. The minimum atomic E-state index is -0.198. The van der Waals surface area contributed by atoms with Crippen LogP contribution >= 0.6 is 12.4 Å². The number of ether oxygens (including phenoxy) is 2. The Balaban J connectivity index is 0.00000261. The second-order valence-electron chi connectivity index (χ2n) is 6.60. The van der Waals surface area contributed by atoms with Crippen LogP contribution in [0.1, 0.15) is 30.1 Å². The fourth-order valence-corrected chi connectivity index (χ4v) is 3.18. The summed E-state index contributed by atoms with van der Waals surface area (Å²) in [4.78, 5) is 12.8. The molecule has 6 heteroatoms. The predicted octanol–water partition coefficient (Wildman–Crippen LogP) is 3.86. The molecular weight excluding hydrogens is 364 g/mol. The quantitative estimate of drug-likeness (QED) is 0.785. The van der Waals surface area contributed by atoms with Gasteiger partial charge in [-0.2, -0.15) is 0 Å². The van der Waals surface area contributed by atoms with Gasteiger partial charge in [-0.25, -0.2) is 0 Å². The first kappa shape index (κ1) is 21.2. The van der Waals surface area contributed by atoms with Crippen molar-refractivity contribution in [2.24, 2.45) is 11.7 Å². The van der Waals surface area contributed by atoms with Crippen molar-refractivity contribution in [2.45, 2.75) is 25.9 Å². The number of anilines is 1. The number of nitrogens with two attached hydrogens (primary N) is 1. The first-order valence-electron chi connectivity index (χ1n) is 9.09. The van der Waals surface area contributed by atoms with E-state index in [-0.39, 0.29) is 30.3 Å². The zero-order chi connectivity index (χ0) is 18.4. The smallest absolute Gasteiger partial charge is 0.230 e. The van der Waals surface area contributed by atoms with Crippen molar-refractivity contribution in [1.29, 1.82) is 0 Å². The lowest BCUT2D eigenvalue weighted by molar-refractivity contribution is -0.129. The van der Waals surface area contributed by atoms with Crippen molar-refractivity contribution in [2.75, 3.05) is 25.1 Å². The molecule has 1 amide bonds. The van der Waals surface area contributed by atoms with E-state index >= 15 is 0 Å². The second kappa shape index (κ2) is 10.3. The monoisotopic (exact) mass is 390 g/mol. The average molecular weight is 391 g/mol. The van der Waals surface area contributed by atoms with E-state index in [4.69, 9.17) is 15.2 Å². The SMILES string of the molecule is Cc1ccc(C2OCCCC2C(=O)Nc2ccc(OCCN)cc2)cc1.Cl. The maximum absolute atomic E-state index is 12.8. The molecule has 2 aromatic carbocycles. The second-order valence-corrected chi connectivity index (χ2v) is 6.60. The Hall–Kier alpha value is -2.08. The molecule has 27 heavy (non-hydrogen) atoms. The van der Waals surface area contributed by atoms with E-state index in [1.54, 1.807) is 0 Å². The van der Waals surface area contributed by atoms with Crippen molar-refractivity contribution >= 4 is 24.0 Å². The third kappa shape index (κ3) is 5.70. The summed E-state index contributed by atoms with van der Waals surface area (Å²) in [6.07, 6.45) is 1.52. The fourth-order valence-electron chi connectivity index (χ4n) is 3.18. The third-order valence-electron chi connectivity index (χ3n) is 4.57. The topological polar surface area (TPSA) is 73.6 Å². The number of aryl methyl sites for hydroxylation is 1. The number of hydrogen-bond donors (Lipinski definition) is 2. The van der Waals surface area contributed by atoms with Gasteiger partial charge in [0.15, 0.2) is 0 Å². The van der Waals surface area contributed by atoms with E-state index in [1.807, 2.05) is 24.3 Å². The molecule has 0 saturated carbocycles. The molecule has 5 nitrogen and oxygen atoms in total. The highest BCUT2D eigenvalue weighted by atomic mass is 35.5. The molecule has 1 heterocycles. The first-order chi connectivity index (χ1) is 12.7. The molecule has 1 fully saturated rings. The summed E-state index contributed by atoms with van der Waals surface area (Å²) in [5.41, 5.74) is 8.44. The van der Waals surface area contributed by atoms with Gasteiger partial charge >= 0.3 is 0 Å². The summed E-state index contributed by atoms with van der Waals surface area (Å²) >= 11 is 0. The van der Waals surface area contributed by atoms with Gasteiger partial charge in [0.1, 0.15) is 12.4 Å². The van der Waals surface area contributed by atoms with Crippen molar-refractivity contribution in [3.63, 3.8) is 0 Å². The molecule has 1 aliphatic rings. The molecule has 0 spiro atoms. The highest BCUT2D eigenvalue weighted by Crippen LogP contribution is 2.34. The lowest BCUT2D eigenvalue weighted by Crippen LogP contribution is -2.33. The summed E-state index contributed by atoms with van der Waals surface area (Å²) in [6, 6.07) is 15.6. The van der Waals surface area contributed by atoms with Crippen LogP contribution in [0.25, 0.3) is 0 Å². The molecule has 2 unspecified atom stereocenters. The van der Waals surface area contributed by atoms with Crippen LogP contribution in [0.3, 0.4) is 0 Å². The molecule has 2 aromatic rings. The summed E-state index contributed by atoms with van der Waals surface area (Å²) in [7, 11) is 0. The lowest BCUT2D eigenvalue weighted by atomic mass is 9.88. The first-order valence-corrected chi connectivity index (χ1v) is 9.09. The Morgan fingerprint density at radius 3 is 2.56 bits per heavy atom. The maximum atomic E-state index is 12.8. The van der Waals surface area contributed by atoms with Gasteiger partial charge in [-0.3, -0.25) is 4.79 Å². The number of amides is 1. The number of hydrogen-bond acceptors (Lipinski definition) is 4. The van der Waals surface area contributed by atoms with Crippen LogP contribution < -0.4 is 15.8 Å². The zero-order valence-corrected chi connectivity index (χ0v) is 16.3. The average Bonchev–Trinajstić information content (AvgIpc) is 2.68. The van der Waals surface area contributed by atoms with Crippen molar-refractivity contribution in [3.05, 3.63) is 59.7 Å². The highest BCUT2D eigenvalue weighted by molar-refractivity contribution is 5.93. The van der Waals surface area contributed by atoms with E-state index in [1.165, 1.54) is 5.56 Å². The molecule has 3 rings (SSSR count). The van der Waals surface area contributed by atoms with E-state index in [2.05, 4.69) is 36.5 Å². The minimum Gasteiger partial charge on any atom is -0.492 e. The summed E-state index contributed by atoms with van der Waals surface area (Å²) < 4.78 is 11.4. The van der Waals surface area contributed by atoms with Crippen LogP contribution in [0.15, 0.2) is 48.5 Å². The molecule has 2 atom stereocenters. The highest BCUT2D eigenvalue weighted by Gasteiger charge is 2.33. The zero-order valence-electron chi connectivity index (χ0n) is 15.5. The molecule has 3 N–H and O–H groups in total. The van der Waals surface area contributed by atoms with Gasteiger partial charge in [0.2, 0.25) is 5.91 Å². The molecule has 0 aliphatic carbocycles. The van der Waals surface area contributed by atoms with Crippen molar-refractivity contribution in [1.82, 2.24) is 0 Å². The van der Waals surface area contributed by atoms with Crippen LogP contribution in [-0.2, 0) is 9.53 Å². The van der Waals surface area contributed by atoms with E-state index in [9.17, 15) is 4.79 Å². The van der Waals surface area contributed by atoms with Gasteiger partial charge < -0.3 is 20.5 Å². The van der Waals surface area contributed by atoms with Gasteiger partial charge in [0.05, 0.1) is 12.0 Å². The summed E-state index contributed by atoms with van der Waals surface area (Å²) in [5, 5.41) is 3.01. The predicted molar refractivity (Wildman–Crippen MR) is 109 cm³/mol. The normalized spacial score (nSPS) is 19.0. The number of nitrogens with one attached hydrogen (secondary N) is 1. The molecule has 0 bridgehead atoms. The number of benzene rings is 2. The Morgan fingerprint density at radius 2 is 1.89 bits per heavy atom. The van der Waals surface area contributed by atoms with Crippen LogP contribution in [0.4, 0.5) is 5.69 Å².